The average molecular weight is 261 g/mol. The third kappa shape index (κ3) is 2.00. The topological polar surface area (TPSA) is 96.0 Å². The molecule has 2 fully saturated rings. The minimum Gasteiger partial charge on any atom is -0.507 e. The molecule has 1 aliphatic carbocycles. The molecule has 98 valence electrons. The fourth-order valence-electron chi connectivity index (χ4n) is 2.21. The van der Waals surface area contributed by atoms with Crippen LogP contribution in [0.1, 0.15) is 16.8 Å². The Kier molecular flexibility index (Phi) is 2.60. The number of hydrogen-bond acceptors (Lipinski definition) is 5. The van der Waals surface area contributed by atoms with Crippen LogP contribution in [-0.4, -0.2) is 40.8 Å². The minimum absolute atomic E-state index is 0.0562. The number of epoxide rings is 1. The number of fused-ring (bicyclic) bond motifs is 1. The molecule has 19 heavy (non-hydrogen) atoms. The lowest BCUT2D eigenvalue weighted by Crippen LogP contribution is -2.48. The number of carbonyl (C=O) groups is 3. The maximum atomic E-state index is 11.9. The third-order valence-corrected chi connectivity index (χ3v) is 3.29. The number of phenols is 1. The van der Waals surface area contributed by atoms with Gasteiger partial charge in [0, 0.05) is 6.42 Å². The van der Waals surface area contributed by atoms with Gasteiger partial charge in [0.1, 0.15) is 5.75 Å². The van der Waals surface area contributed by atoms with Crippen molar-refractivity contribution >= 4 is 17.5 Å². The highest BCUT2D eigenvalue weighted by atomic mass is 16.6. The molecule has 6 nitrogen and oxygen atoms in total. The summed E-state index contributed by atoms with van der Waals surface area (Å²) in [5, 5.41) is 12.0. The van der Waals surface area contributed by atoms with Crippen molar-refractivity contribution in [3.05, 3.63) is 29.8 Å². The van der Waals surface area contributed by atoms with Gasteiger partial charge in [-0.2, -0.15) is 0 Å². The van der Waals surface area contributed by atoms with Gasteiger partial charge in [0.2, 0.25) is 0 Å². The smallest absolute Gasteiger partial charge is 0.255 e. The van der Waals surface area contributed by atoms with Gasteiger partial charge in [0.25, 0.3) is 5.91 Å². The summed E-state index contributed by atoms with van der Waals surface area (Å²) >= 11 is 0. The van der Waals surface area contributed by atoms with E-state index in [1.54, 1.807) is 12.1 Å². The molecule has 1 saturated carbocycles. The lowest BCUT2D eigenvalue weighted by Gasteiger charge is -2.18. The zero-order valence-electron chi connectivity index (χ0n) is 9.83. The molecule has 3 atom stereocenters. The Bertz CT molecular complexity index is 582. The highest BCUT2D eigenvalue weighted by Crippen LogP contribution is 2.31. The van der Waals surface area contributed by atoms with Crippen molar-refractivity contribution in [2.24, 2.45) is 0 Å². The lowest BCUT2D eigenvalue weighted by atomic mass is 9.93. The highest BCUT2D eigenvalue weighted by molar-refractivity contribution is 6.08. The van der Waals surface area contributed by atoms with Crippen molar-refractivity contribution in [1.29, 1.82) is 0 Å². The maximum absolute atomic E-state index is 11.9. The van der Waals surface area contributed by atoms with Crippen molar-refractivity contribution < 1.29 is 24.2 Å². The quantitative estimate of drug-likeness (QED) is 0.719. The molecule has 2 aliphatic rings. The highest BCUT2D eigenvalue weighted by Gasteiger charge is 2.56. The van der Waals surface area contributed by atoms with Gasteiger partial charge in [-0.25, -0.2) is 0 Å². The number of aromatic hydroxyl groups is 1. The van der Waals surface area contributed by atoms with Crippen LogP contribution in [-0.2, 0) is 14.3 Å². The van der Waals surface area contributed by atoms with Crippen LogP contribution >= 0.6 is 0 Å². The number of phenolic OH excluding ortho intramolecular Hbond substituents is 1. The molecule has 1 aliphatic heterocycles. The van der Waals surface area contributed by atoms with Crippen LogP contribution in [0.2, 0.25) is 0 Å². The molecule has 3 rings (SSSR count). The summed E-state index contributed by atoms with van der Waals surface area (Å²) < 4.78 is 4.94. The second kappa shape index (κ2) is 4.17. The van der Waals surface area contributed by atoms with E-state index >= 15 is 0 Å². The van der Waals surface area contributed by atoms with Gasteiger partial charge in [-0.15, -0.1) is 0 Å². The first kappa shape index (κ1) is 11.9. The Morgan fingerprint density at radius 2 is 2.00 bits per heavy atom. The molecule has 1 amide bonds. The van der Waals surface area contributed by atoms with Gasteiger partial charge in [-0.1, -0.05) is 12.1 Å². The maximum Gasteiger partial charge on any atom is 0.255 e. The van der Waals surface area contributed by atoms with Crippen LogP contribution < -0.4 is 5.32 Å². The Morgan fingerprint density at radius 1 is 1.26 bits per heavy atom. The van der Waals surface area contributed by atoms with Crippen molar-refractivity contribution in [3.63, 3.8) is 0 Å². The number of ether oxygens (including phenoxy) is 1. The summed E-state index contributed by atoms with van der Waals surface area (Å²) in [4.78, 5) is 35.2. The fourth-order valence-corrected chi connectivity index (χ4v) is 2.21. The second-order valence-corrected chi connectivity index (χ2v) is 4.59. The van der Waals surface area contributed by atoms with Crippen molar-refractivity contribution in [2.45, 2.75) is 24.7 Å². The van der Waals surface area contributed by atoms with Crippen LogP contribution in [0.4, 0.5) is 0 Å². The van der Waals surface area contributed by atoms with E-state index in [0.717, 1.165) is 0 Å². The largest absolute Gasteiger partial charge is 0.507 e. The number of rotatable bonds is 2. The Hall–Kier alpha value is -2.21. The summed E-state index contributed by atoms with van der Waals surface area (Å²) in [5.41, 5.74) is 0.0709. The third-order valence-electron chi connectivity index (χ3n) is 3.29. The van der Waals surface area contributed by atoms with Gasteiger partial charge in [-0.05, 0) is 12.1 Å². The minimum atomic E-state index is -0.872. The number of amides is 1. The normalized spacial score (nSPS) is 28.7. The first-order valence-electron chi connectivity index (χ1n) is 5.88. The van der Waals surface area contributed by atoms with E-state index in [0.29, 0.717) is 0 Å². The van der Waals surface area contributed by atoms with Crippen LogP contribution in [0.3, 0.4) is 0 Å². The fraction of sp³-hybridized carbons (Fsp3) is 0.308. The first-order chi connectivity index (χ1) is 9.08. The Balaban J connectivity index is 1.75. The number of benzene rings is 1. The zero-order chi connectivity index (χ0) is 13.6. The van der Waals surface area contributed by atoms with Crippen LogP contribution in [0.15, 0.2) is 24.3 Å². The summed E-state index contributed by atoms with van der Waals surface area (Å²) in [6.45, 7) is 0. The average Bonchev–Trinajstić information content (AvgIpc) is 3.17. The molecule has 1 aromatic carbocycles. The standard InChI is InChI=1S/C13H11NO5/c15-8-4-2-1-3-6(8)13(18)14-7-5-9(16)11-12(19-11)10(7)17/h1-4,7,11-12,15H,5H2,(H,14,18). The number of nitrogens with one attached hydrogen (secondary N) is 1. The van der Waals surface area contributed by atoms with Crippen molar-refractivity contribution in [1.82, 2.24) is 5.32 Å². The molecule has 2 N–H and O–H groups in total. The zero-order valence-corrected chi connectivity index (χ0v) is 9.83. The van der Waals surface area contributed by atoms with E-state index < -0.39 is 24.2 Å². The summed E-state index contributed by atoms with van der Waals surface area (Å²) in [5.74, 6) is -1.21. The van der Waals surface area contributed by atoms with Gasteiger partial charge < -0.3 is 15.2 Å². The second-order valence-electron chi connectivity index (χ2n) is 4.59. The summed E-state index contributed by atoms with van der Waals surface area (Å²) in [7, 11) is 0. The molecule has 3 unspecified atom stereocenters. The molecule has 1 saturated heterocycles. The molecule has 0 aromatic heterocycles. The predicted molar refractivity (Wildman–Crippen MR) is 62.7 cm³/mol. The van der Waals surface area contributed by atoms with Crippen molar-refractivity contribution in [2.75, 3.05) is 0 Å². The first-order valence-corrected chi connectivity index (χ1v) is 5.88. The number of carbonyl (C=O) groups excluding carboxylic acids is 3. The van der Waals surface area contributed by atoms with E-state index in [2.05, 4.69) is 5.32 Å². The van der Waals surface area contributed by atoms with Crippen LogP contribution in [0, 0.1) is 0 Å². The molecular formula is C13H11NO5. The van der Waals surface area contributed by atoms with E-state index in [1.807, 2.05) is 0 Å². The Labute approximate surface area is 108 Å². The van der Waals surface area contributed by atoms with Gasteiger partial charge in [-0.3, -0.25) is 14.4 Å². The van der Waals surface area contributed by atoms with Gasteiger partial charge in [0.15, 0.2) is 23.8 Å². The molecule has 1 heterocycles. The number of hydrogen-bond donors (Lipinski definition) is 2. The van der Waals surface area contributed by atoms with Gasteiger partial charge >= 0.3 is 0 Å². The van der Waals surface area contributed by atoms with Crippen LogP contribution in [0.5, 0.6) is 5.75 Å². The summed E-state index contributed by atoms with van der Waals surface area (Å²) in [6, 6.07) is 5.13. The lowest BCUT2D eigenvalue weighted by molar-refractivity contribution is -0.128. The predicted octanol–water partition coefficient (Wildman–Crippen LogP) is -0.200. The summed E-state index contributed by atoms with van der Waals surface area (Å²) in [6.07, 6.45) is -1.36. The van der Waals surface area contributed by atoms with E-state index in [4.69, 9.17) is 4.74 Å². The van der Waals surface area contributed by atoms with E-state index in [9.17, 15) is 19.5 Å². The number of Topliss-reactive ketones (excluding diaryl/α,β-unsaturated/α-hetero) is 2. The SMILES string of the molecule is O=C(NC1CC(=O)C2OC2C1=O)c1ccccc1O. The molecule has 0 radical (unpaired) electrons. The van der Waals surface area contributed by atoms with Crippen molar-refractivity contribution in [3.8, 4) is 5.75 Å². The van der Waals surface area contributed by atoms with E-state index in [-0.39, 0.29) is 29.3 Å². The Morgan fingerprint density at radius 3 is 2.74 bits per heavy atom. The molecule has 0 spiro atoms. The monoisotopic (exact) mass is 261 g/mol. The van der Waals surface area contributed by atoms with E-state index in [1.165, 1.54) is 12.1 Å². The molecular weight excluding hydrogens is 250 g/mol. The number of ketones is 2. The molecule has 6 heteroatoms. The molecule has 1 aromatic rings. The van der Waals surface area contributed by atoms with Crippen LogP contribution in [0.25, 0.3) is 0 Å². The molecule has 0 bridgehead atoms. The van der Waals surface area contributed by atoms with Gasteiger partial charge in [0.05, 0.1) is 11.6 Å². The number of para-hydroxylation sites is 1.